The number of nitrogens with zero attached hydrogens (tertiary/aromatic N) is 5. The van der Waals surface area contributed by atoms with Crippen molar-refractivity contribution in [3.63, 3.8) is 0 Å². The Balaban J connectivity index is 1.28. The molecule has 4 aromatic rings. The van der Waals surface area contributed by atoms with Crippen molar-refractivity contribution in [2.24, 2.45) is 0 Å². The van der Waals surface area contributed by atoms with Crippen LogP contribution in [0.3, 0.4) is 0 Å². The summed E-state index contributed by atoms with van der Waals surface area (Å²) in [4.78, 5) is 27.2. The molecule has 1 aromatic carbocycles. The van der Waals surface area contributed by atoms with Crippen LogP contribution in [0, 0.1) is 0 Å². The average Bonchev–Trinajstić information content (AvgIpc) is 3.56. The number of hydrogen-bond acceptors (Lipinski definition) is 5. The van der Waals surface area contributed by atoms with Gasteiger partial charge in [-0.05, 0) is 48.9 Å². The molecular weight excluding hydrogens is 414 g/mol. The van der Waals surface area contributed by atoms with Gasteiger partial charge in [0.15, 0.2) is 0 Å². The maximum absolute atomic E-state index is 12.9. The van der Waals surface area contributed by atoms with Gasteiger partial charge in [0.05, 0.1) is 27.7 Å². The standard InChI is InChI=1S/C22H20ClN7O/c23-18-5-4-16(30-11-2-9-26-30)13-17(18)21(31)27-15-7-12-29(14-15)22-25-10-6-20(28-22)19-3-1-8-24-19/h1-6,8-11,13,15,24H,7,12,14H2,(H,27,31). The molecule has 0 radical (unpaired) electrons. The van der Waals surface area contributed by atoms with Gasteiger partial charge in [0.1, 0.15) is 0 Å². The molecule has 0 saturated carbocycles. The number of rotatable bonds is 5. The quantitative estimate of drug-likeness (QED) is 0.503. The van der Waals surface area contributed by atoms with Gasteiger partial charge in [-0.1, -0.05) is 11.6 Å². The molecule has 8 nitrogen and oxygen atoms in total. The lowest BCUT2D eigenvalue weighted by atomic mass is 10.1. The molecule has 1 atom stereocenters. The minimum atomic E-state index is -0.202. The van der Waals surface area contributed by atoms with E-state index in [1.54, 1.807) is 29.2 Å². The van der Waals surface area contributed by atoms with Gasteiger partial charge < -0.3 is 15.2 Å². The van der Waals surface area contributed by atoms with Gasteiger partial charge in [0.25, 0.3) is 5.91 Å². The van der Waals surface area contributed by atoms with Crippen molar-refractivity contribution >= 4 is 23.5 Å². The zero-order chi connectivity index (χ0) is 21.2. The summed E-state index contributed by atoms with van der Waals surface area (Å²) >= 11 is 6.30. The molecule has 2 N–H and O–H groups in total. The summed E-state index contributed by atoms with van der Waals surface area (Å²) in [5.41, 5.74) is 2.99. The molecule has 1 saturated heterocycles. The number of carbonyl (C=O) groups excluding carboxylic acids is 1. The van der Waals surface area contributed by atoms with E-state index >= 15 is 0 Å². The lowest BCUT2D eigenvalue weighted by Crippen LogP contribution is -2.37. The highest BCUT2D eigenvalue weighted by Gasteiger charge is 2.27. The van der Waals surface area contributed by atoms with Gasteiger partial charge in [0, 0.05) is 43.9 Å². The van der Waals surface area contributed by atoms with E-state index in [9.17, 15) is 4.79 Å². The van der Waals surface area contributed by atoms with Gasteiger partial charge in [0.2, 0.25) is 5.95 Å². The van der Waals surface area contributed by atoms with Crippen LogP contribution in [0.15, 0.2) is 67.3 Å². The Morgan fingerprint density at radius 2 is 2.13 bits per heavy atom. The van der Waals surface area contributed by atoms with E-state index in [1.807, 2.05) is 42.7 Å². The number of benzene rings is 1. The number of H-pyrrole nitrogens is 1. The van der Waals surface area contributed by atoms with Gasteiger partial charge in [-0.3, -0.25) is 4.79 Å². The first-order chi connectivity index (χ1) is 15.2. The molecule has 9 heteroatoms. The maximum atomic E-state index is 12.9. The van der Waals surface area contributed by atoms with E-state index in [1.165, 1.54) is 0 Å². The van der Waals surface area contributed by atoms with E-state index in [2.05, 4.69) is 30.3 Å². The Kier molecular flexibility index (Phi) is 5.13. The van der Waals surface area contributed by atoms with Crippen LogP contribution in [0.1, 0.15) is 16.8 Å². The van der Waals surface area contributed by atoms with Gasteiger partial charge in [-0.15, -0.1) is 0 Å². The number of halogens is 1. The van der Waals surface area contributed by atoms with Crippen molar-refractivity contribution in [3.8, 4) is 17.1 Å². The van der Waals surface area contributed by atoms with Crippen LogP contribution in [-0.2, 0) is 0 Å². The molecule has 1 amide bonds. The van der Waals surface area contributed by atoms with Crippen molar-refractivity contribution < 1.29 is 4.79 Å². The van der Waals surface area contributed by atoms with Crippen molar-refractivity contribution in [1.82, 2.24) is 30.0 Å². The third-order valence-corrected chi connectivity index (χ3v) is 5.62. The first kappa shape index (κ1) is 19.3. The molecule has 0 aliphatic carbocycles. The summed E-state index contributed by atoms with van der Waals surface area (Å²) in [6.07, 6.45) is 7.93. The van der Waals surface area contributed by atoms with E-state index in [0.717, 1.165) is 30.0 Å². The monoisotopic (exact) mass is 433 g/mol. The number of amides is 1. The Morgan fingerprint density at radius 1 is 1.19 bits per heavy atom. The number of hydrogen-bond donors (Lipinski definition) is 2. The second-order valence-corrected chi connectivity index (χ2v) is 7.75. The highest BCUT2D eigenvalue weighted by atomic mass is 35.5. The topological polar surface area (TPSA) is 91.7 Å². The second kappa shape index (κ2) is 8.23. The normalized spacial score (nSPS) is 15.9. The molecular formula is C22H20ClN7O. The molecule has 5 rings (SSSR count). The van der Waals surface area contributed by atoms with Crippen LogP contribution in [0.4, 0.5) is 5.95 Å². The number of aromatic amines is 1. The summed E-state index contributed by atoms with van der Waals surface area (Å²) in [7, 11) is 0. The van der Waals surface area contributed by atoms with Crippen molar-refractivity contribution in [2.45, 2.75) is 12.5 Å². The minimum absolute atomic E-state index is 0.0188. The molecule has 4 heterocycles. The Morgan fingerprint density at radius 3 is 2.94 bits per heavy atom. The number of carbonyl (C=O) groups is 1. The Bertz CT molecular complexity index is 1190. The van der Waals surface area contributed by atoms with Crippen LogP contribution in [0.2, 0.25) is 5.02 Å². The summed E-state index contributed by atoms with van der Waals surface area (Å²) in [6, 6.07) is 12.9. The van der Waals surface area contributed by atoms with Crippen LogP contribution < -0.4 is 10.2 Å². The molecule has 31 heavy (non-hydrogen) atoms. The lowest BCUT2D eigenvalue weighted by molar-refractivity contribution is 0.0940. The molecule has 0 bridgehead atoms. The van der Waals surface area contributed by atoms with Gasteiger partial charge >= 0.3 is 0 Å². The predicted octanol–water partition coefficient (Wildman–Crippen LogP) is 3.32. The van der Waals surface area contributed by atoms with E-state index in [4.69, 9.17) is 11.6 Å². The second-order valence-electron chi connectivity index (χ2n) is 7.35. The highest BCUT2D eigenvalue weighted by Crippen LogP contribution is 2.23. The fourth-order valence-corrected chi connectivity index (χ4v) is 3.92. The largest absolute Gasteiger partial charge is 0.360 e. The predicted molar refractivity (Wildman–Crippen MR) is 118 cm³/mol. The van der Waals surface area contributed by atoms with E-state index in [-0.39, 0.29) is 11.9 Å². The SMILES string of the molecule is O=C(NC1CCN(c2nccc(-c3ccc[nH]3)n2)C1)c1cc(-n2cccn2)ccc1Cl. The summed E-state index contributed by atoms with van der Waals surface area (Å²) in [5, 5.41) is 7.71. The van der Waals surface area contributed by atoms with Crippen LogP contribution in [0.5, 0.6) is 0 Å². The van der Waals surface area contributed by atoms with Crippen molar-refractivity contribution in [2.75, 3.05) is 18.0 Å². The van der Waals surface area contributed by atoms with Crippen LogP contribution >= 0.6 is 11.6 Å². The molecule has 1 unspecified atom stereocenters. The fourth-order valence-electron chi connectivity index (χ4n) is 3.71. The molecule has 1 fully saturated rings. The van der Waals surface area contributed by atoms with E-state index in [0.29, 0.717) is 23.1 Å². The lowest BCUT2D eigenvalue weighted by Gasteiger charge is -2.17. The maximum Gasteiger partial charge on any atom is 0.253 e. The van der Waals surface area contributed by atoms with Crippen LogP contribution in [-0.4, -0.2) is 49.8 Å². The Hall–Kier alpha value is -3.65. The number of anilines is 1. The zero-order valence-electron chi connectivity index (χ0n) is 16.6. The zero-order valence-corrected chi connectivity index (χ0v) is 17.3. The average molecular weight is 434 g/mol. The molecule has 156 valence electrons. The summed E-state index contributed by atoms with van der Waals surface area (Å²) < 4.78 is 1.69. The third-order valence-electron chi connectivity index (χ3n) is 5.29. The first-order valence-corrected chi connectivity index (χ1v) is 10.4. The minimum Gasteiger partial charge on any atom is -0.360 e. The van der Waals surface area contributed by atoms with Gasteiger partial charge in [-0.25, -0.2) is 14.6 Å². The number of aromatic nitrogens is 5. The fraction of sp³-hybridized carbons (Fsp3) is 0.182. The first-order valence-electron chi connectivity index (χ1n) is 9.99. The number of nitrogens with one attached hydrogen (secondary N) is 2. The molecule has 1 aliphatic rings. The summed E-state index contributed by atoms with van der Waals surface area (Å²) in [5.74, 6) is 0.453. The van der Waals surface area contributed by atoms with Crippen molar-refractivity contribution in [1.29, 1.82) is 0 Å². The van der Waals surface area contributed by atoms with Crippen LogP contribution in [0.25, 0.3) is 17.1 Å². The van der Waals surface area contributed by atoms with Gasteiger partial charge in [-0.2, -0.15) is 5.10 Å². The molecule has 0 spiro atoms. The third kappa shape index (κ3) is 4.02. The van der Waals surface area contributed by atoms with Crippen molar-refractivity contribution in [3.05, 3.63) is 77.8 Å². The Labute approximate surface area is 183 Å². The molecule has 1 aliphatic heterocycles. The highest BCUT2D eigenvalue weighted by molar-refractivity contribution is 6.33. The molecule has 3 aromatic heterocycles. The summed E-state index contributed by atoms with van der Waals surface area (Å²) in [6.45, 7) is 1.40. The van der Waals surface area contributed by atoms with E-state index < -0.39 is 0 Å². The smallest absolute Gasteiger partial charge is 0.253 e.